The van der Waals surface area contributed by atoms with Gasteiger partial charge in [0.15, 0.2) is 0 Å². The van der Waals surface area contributed by atoms with E-state index in [1.165, 1.54) is 12.8 Å². The van der Waals surface area contributed by atoms with Crippen LogP contribution in [0, 0.1) is 6.92 Å². The van der Waals surface area contributed by atoms with Crippen molar-refractivity contribution >= 4 is 28.7 Å². The molecule has 0 spiro atoms. The van der Waals surface area contributed by atoms with Crippen molar-refractivity contribution in [2.24, 2.45) is 0 Å². The number of carboxylic acids is 1. The number of amides is 1. The maximum Gasteiger partial charge on any atom is 0.490 e. The minimum absolute atomic E-state index is 0.0178. The van der Waals surface area contributed by atoms with Gasteiger partial charge in [-0.25, -0.2) is 14.8 Å². The van der Waals surface area contributed by atoms with Crippen molar-refractivity contribution in [1.82, 2.24) is 19.9 Å². The molecule has 8 nitrogen and oxygen atoms in total. The average Bonchev–Trinajstić information content (AvgIpc) is 3.43. The lowest BCUT2D eigenvalue weighted by Gasteiger charge is -2.14. The van der Waals surface area contributed by atoms with Crippen LogP contribution in [0.1, 0.15) is 29.0 Å². The Kier molecular flexibility index (Phi) is 5.49. The first-order chi connectivity index (χ1) is 15.1. The molecular weight excluding hydrogens is 427 g/mol. The summed E-state index contributed by atoms with van der Waals surface area (Å²) in [5.74, 6) is -1.91. The molecular formula is C21H20F3N5O3. The van der Waals surface area contributed by atoms with E-state index < -0.39 is 12.1 Å². The van der Waals surface area contributed by atoms with Crippen LogP contribution in [-0.2, 0) is 11.3 Å². The fourth-order valence-corrected chi connectivity index (χ4v) is 3.37. The van der Waals surface area contributed by atoms with Gasteiger partial charge in [-0.1, -0.05) is 12.1 Å². The number of para-hydroxylation sites is 1. The summed E-state index contributed by atoms with van der Waals surface area (Å²) >= 11 is 0. The van der Waals surface area contributed by atoms with Gasteiger partial charge < -0.3 is 20.3 Å². The Balaban J connectivity index is 0.000000307. The third kappa shape index (κ3) is 4.51. The van der Waals surface area contributed by atoms with Gasteiger partial charge in [0.05, 0.1) is 16.7 Å². The number of carbonyl (C=O) groups excluding carboxylic acids is 1. The maximum absolute atomic E-state index is 12.1. The zero-order chi connectivity index (χ0) is 23.0. The fourth-order valence-electron chi connectivity index (χ4n) is 3.37. The highest BCUT2D eigenvalue weighted by molar-refractivity contribution is 5.98. The summed E-state index contributed by atoms with van der Waals surface area (Å²) in [5.41, 5.74) is 5.40. The van der Waals surface area contributed by atoms with E-state index in [2.05, 4.69) is 10.6 Å². The topological polar surface area (TPSA) is 109 Å². The normalized spacial score (nSPS) is 15.4. The van der Waals surface area contributed by atoms with Gasteiger partial charge >= 0.3 is 12.1 Å². The van der Waals surface area contributed by atoms with Gasteiger partial charge in [-0.3, -0.25) is 4.79 Å². The molecule has 32 heavy (non-hydrogen) atoms. The molecule has 11 heteroatoms. The van der Waals surface area contributed by atoms with Crippen molar-refractivity contribution in [3.63, 3.8) is 0 Å². The highest BCUT2D eigenvalue weighted by atomic mass is 19.4. The SMILES string of the molecule is Cc1nc2cccc(-c3cc4n(c3)CCNC4=O)c2nc1NC1CC1.O=C(O)C(F)(F)F. The quantitative estimate of drug-likeness (QED) is 0.568. The number of nitrogens with zero attached hydrogens (tertiary/aromatic N) is 3. The molecule has 2 aliphatic rings. The number of hydrogen-bond acceptors (Lipinski definition) is 5. The van der Waals surface area contributed by atoms with Crippen LogP contribution in [0.2, 0.25) is 0 Å². The predicted molar refractivity (Wildman–Crippen MR) is 110 cm³/mol. The average molecular weight is 447 g/mol. The van der Waals surface area contributed by atoms with E-state index in [0.717, 1.165) is 40.2 Å². The lowest BCUT2D eigenvalue weighted by Crippen LogP contribution is -2.34. The van der Waals surface area contributed by atoms with Gasteiger partial charge in [-0.2, -0.15) is 13.2 Å². The van der Waals surface area contributed by atoms with Crippen molar-refractivity contribution < 1.29 is 27.9 Å². The zero-order valence-corrected chi connectivity index (χ0v) is 17.0. The van der Waals surface area contributed by atoms with Crippen LogP contribution < -0.4 is 10.6 Å². The van der Waals surface area contributed by atoms with Crippen molar-refractivity contribution in [3.05, 3.63) is 41.9 Å². The number of nitrogens with one attached hydrogen (secondary N) is 2. The van der Waals surface area contributed by atoms with Crippen LogP contribution in [0.4, 0.5) is 19.0 Å². The Labute approximate surface area is 180 Å². The zero-order valence-electron chi connectivity index (χ0n) is 17.0. The van der Waals surface area contributed by atoms with Gasteiger partial charge in [-0.05, 0) is 31.9 Å². The number of benzene rings is 1. The van der Waals surface area contributed by atoms with Crippen molar-refractivity contribution in [3.8, 4) is 11.1 Å². The first-order valence-electron chi connectivity index (χ1n) is 9.96. The molecule has 1 amide bonds. The monoisotopic (exact) mass is 447 g/mol. The molecule has 3 heterocycles. The van der Waals surface area contributed by atoms with Gasteiger partial charge in [0.2, 0.25) is 0 Å². The summed E-state index contributed by atoms with van der Waals surface area (Å²) in [6, 6.07) is 8.51. The summed E-state index contributed by atoms with van der Waals surface area (Å²) < 4.78 is 33.7. The van der Waals surface area contributed by atoms with Crippen LogP contribution >= 0.6 is 0 Å². The number of aryl methyl sites for hydroxylation is 1. The summed E-state index contributed by atoms with van der Waals surface area (Å²) in [6.07, 6.45) is -0.650. The second kappa shape index (κ2) is 8.13. The van der Waals surface area contributed by atoms with Gasteiger partial charge in [0, 0.05) is 36.5 Å². The van der Waals surface area contributed by atoms with Crippen LogP contribution in [0.15, 0.2) is 30.5 Å². The Morgan fingerprint density at radius 3 is 2.62 bits per heavy atom. The number of carbonyl (C=O) groups is 2. The Morgan fingerprint density at radius 2 is 2.00 bits per heavy atom. The van der Waals surface area contributed by atoms with Crippen LogP contribution in [0.5, 0.6) is 0 Å². The fraction of sp³-hybridized carbons (Fsp3) is 0.333. The molecule has 0 bridgehead atoms. The van der Waals surface area contributed by atoms with Gasteiger partial charge in [0.1, 0.15) is 11.5 Å². The summed E-state index contributed by atoms with van der Waals surface area (Å²) in [5, 5.41) is 13.5. The second-order valence-corrected chi connectivity index (χ2v) is 7.62. The molecule has 168 valence electrons. The van der Waals surface area contributed by atoms with E-state index in [0.29, 0.717) is 18.3 Å². The first-order valence-corrected chi connectivity index (χ1v) is 9.96. The van der Waals surface area contributed by atoms with Crippen molar-refractivity contribution in [1.29, 1.82) is 0 Å². The third-order valence-corrected chi connectivity index (χ3v) is 5.11. The van der Waals surface area contributed by atoms with Crippen molar-refractivity contribution in [2.45, 2.75) is 38.5 Å². The van der Waals surface area contributed by atoms with Crippen LogP contribution in [-0.4, -0.2) is 50.3 Å². The lowest BCUT2D eigenvalue weighted by atomic mass is 10.1. The molecule has 1 fully saturated rings. The molecule has 0 atom stereocenters. The second-order valence-electron chi connectivity index (χ2n) is 7.62. The van der Waals surface area contributed by atoms with Gasteiger partial charge in [-0.15, -0.1) is 0 Å². The van der Waals surface area contributed by atoms with E-state index in [4.69, 9.17) is 19.9 Å². The van der Waals surface area contributed by atoms with Crippen LogP contribution in [0.25, 0.3) is 22.2 Å². The van der Waals surface area contributed by atoms with E-state index in [1.54, 1.807) is 0 Å². The smallest absolute Gasteiger partial charge is 0.475 e. The Bertz CT molecular complexity index is 1200. The third-order valence-electron chi connectivity index (χ3n) is 5.11. The number of aliphatic carboxylic acids is 1. The van der Waals surface area contributed by atoms with Gasteiger partial charge in [0.25, 0.3) is 5.91 Å². The molecule has 1 aromatic carbocycles. The number of anilines is 1. The maximum atomic E-state index is 12.1. The first kappa shape index (κ1) is 21.6. The molecule has 0 unspecified atom stereocenters. The minimum Gasteiger partial charge on any atom is -0.475 e. The lowest BCUT2D eigenvalue weighted by molar-refractivity contribution is -0.192. The van der Waals surface area contributed by atoms with E-state index in [1.807, 2.05) is 42.0 Å². The van der Waals surface area contributed by atoms with E-state index in [9.17, 15) is 18.0 Å². The minimum atomic E-state index is -5.08. The van der Waals surface area contributed by atoms with E-state index >= 15 is 0 Å². The summed E-state index contributed by atoms with van der Waals surface area (Å²) in [7, 11) is 0. The van der Waals surface area contributed by atoms with Crippen molar-refractivity contribution in [2.75, 3.05) is 11.9 Å². The highest BCUT2D eigenvalue weighted by Gasteiger charge is 2.38. The number of fused-ring (bicyclic) bond motifs is 2. The number of halogens is 3. The largest absolute Gasteiger partial charge is 0.490 e. The summed E-state index contributed by atoms with van der Waals surface area (Å²) in [6.45, 7) is 3.46. The number of hydrogen-bond donors (Lipinski definition) is 3. The molecule has 0 radical (unpaired) electrons. The highest BCUT2D eigenvalue weighted by Crippen LogP contribution is 2.32. The molecule has 5 rings (SSSR count). The summed E-state index contributed by atoms with van der Waals surface area (Å²) in [4.78, 5) is 30.5. The number of alkyl halides is 3. The van der Waals surface area contributed by atoms with Crippen LogP contribution in [0.3, 0.4) is 0 Å². The molecule has 3 N–H and O–H groups in total. The molecule has 3 aromatic rings. The number of rotatable bonds is 3. The molecule has 1 saturated carbocycles. The Hall–Kier alpha value is -3.63. The molecule has 0 saturated heterocycles. The molecule has 2 aromatic heterocycles. The standard InChI is InChI=1S/C19H19N5O.C2HF3O2/c1-11-18(22-13-5-6-13)23-17-14(3-2-4-15(17)21-11)12-9-16-19(25)20-7-8-24(16)10-12;3-2(4,5)1(6)7/h2-4,9-10,13H,5-8H2,1H3,(H,20,25)(H,22,23);(H,6,7). The molecule has 1 aliphatic heterocycles. The number of carboxylic acid groups (broad SMARTS) is 1. The Morgan fingerprint density at radius 1 is 1.28 bits per heavy atom. The molecule has 1 aliphatic carbocycles. The number of aromatic nitrogens is 3. The predicted octanol–water partition coefficient (Wildman–Crippen LogP) is 3.36. The van der Waals surface area contributed by atoms with E-state index in [-0.39, 0.29) is 5.91 Å².